The number of benzene rings is 1. The molecule has 2 fully saturated rings. The van der Waals surface area contributed by atoms with E-state index in [9.17, 15) is 14.4 Å². The van der Waals surface area contributed by atoms with E-state index in [0.717, 1.165) is 11.1 Å². The number of carbonyl (C=O) groups excluding carboxylic acids is 2. The van der Waals surface area contributed by atoms with Crippen LogP contribution in [-0.2, 0) is 9.59 Å². The first-order valence-electron chi connectivity index (χ1n) is 9.11. The van der Waals surface area contributed by atoms with Crippen molar-refractivity contribution in [2.75, 3.05) is 26.7 Å². The van der Waals surface area contributed by atoms with Crippen LogP contribution in [0.4, 0.5) is 0 Å². The Labute approximate surface area is 161 Å². The van der Waals surface area contributed by atoms with Gasteiger partial charge in [-0.3, -0.25) is 20.0 Å². The molecule has 8 heteroatoms. The normalized spacial score (nSPS) is 16.9. The predicted octanol–water partition coefficient (Wildman–Crippen LogP) is 1.25. The molecule has 2 aliphatic rings. The number of hydrogen-bond donors (Lipinski definition) is 4. The Hall–Kier alpha value is -2.45. The van der Waals surface area contributed by atoms with Crippen molar-refractivity contribution in [3.63, 3.8) is 0 Å². The van der Waals surface area contributed by atoms with Gasteiger partial charge in [0, 0.05) is 13.1 Å². The lowest BCUT2D eigenvalue weighted by Crippen LogP contribution is -2.31. The van der Waals surface area contributed by atoms with E-state index in [0.29, 0.717) is 18.4 Å². The molecule has 4 N–H and O–H groups in total. The van der Waals surface area contributed by atoms with E-state index < -0.39 is 5.97 Å². The topological polar surface area (TPSA) is 111 Å². The average Bonchev–Trinajstić information content (AvgIpc) is 3.40. The zero-order valence-electron chi connectivity index (χ0n) is 16.2. The molecule has 0 aromatic heterocycles. The van der Waals surface area contributed by atoms with Gasteiger partial charge in [0.2, 0.25) is 12.8 Å². The lowest BCUT2D eigenvalue weighted by atomic mass is 10.2. The molecule has 1 unspecified atom stereocenters. The molecule has 0 bridgehead atoms. The quantitative estimate of drug-likeness (QED) is 0.462. The molecule has 1 aromatic carbocycles. The molecule has 152 valence electrons. The van der Waals surface area contributed by atoms with Crippen molar-refractivity contribution >= 4 is 18.8 Å². The number of carboxylic acids is 1. The fourth-order valence-electron chi connectivity index (χ4n) is 2.18. The number of carboxylic acid groups (broad SMARTS) is 1. The summed E-state index contributed by atoms with van der Waals surface area (Å²) in [5, 5.41) is 15.9. The van der Waals surface area contributed by atoms with Crippen molar-refractivity contribution in [3.8, 4) is 0 Å². The highest BCUT2D eigenvalue weighted by atomic mass is 16.4. The summed E-state index contributed by atoms with van der Waals surface area (Å²) in [4.78, 5) is 29.3. The molecule has 1 atom stereocenters. The third-order valence-electron chi connectivity index (χ3n) is 3.70. The number of nitrogens with zero attached hydrogens (tertiary/aromatic N) is 1. The molecular formula is C19H32N4O4. The smallest absolute Gasteiger partial charge is 0.335 e. The molecule has 0 spiro atoms. The third-order valence-corrected chi connectivity index (χ3v) is 3.70. The summed E-state index contributed by atoms with van der Waals surface area (Å²) >= 11 is 0. The van der Waals surface area contributed by atoms with Crippen LogP contribution in [-0.4, -0.2) is 61.6 Å². The second-order valence-corrected chi connectivity index (χ2v) is 6.09. The van der Waals surface area contributed by atoms with Gasteiger partial charge >= 0.3 is 5.97 Å². The maximum atomic E-state index is 10.2. The summed E-state index contributed by atoms with van der Waals surface area (Å²) in [7, 11) is 1.43. The molecule has 27 heavy (non-hydrogen) atoms. The Morgan fingerprint density at radius 2 is 1.78 bits per heavy atom. The Morgan fingerprint density at radius 1 is 1.15 bits per heavy atom. The molecule has 8 nitrogen and oxygen atoms in total. The van der Waals surface area contributed by atoms with Gasteiger partial charge in [-0.15, -0.1) is 0 Å². The summed E-state index contributed by atoms with van der Waals surface area (Å²) in [5.74, 6) is -0.879. The lowest BCUT2D eigenvalue weighted by Gasteiger charge is -2.04. The minimum Gasteiger partial charge on any atom is -0.478 e. The highest BCUT2D eigenvalue weighted by Gasteiger charge is 2.05. The van der Waals surface area contributed by atoms with Crippen molar-refractivity contribution < 1.29 is 19.5 Å². The van der Waals surface area contributed by atoms with Crippen molar-refractivity contribution in [3.05, 3.63) is 35.9 Å². The van der Waals surface area contributed by atoms with Crippen molar-refractivity contribution in [1.82, 2.24) is 21.1 Å². The van der Waals surface area contributed by atoms with Crippen LogP contribution in [0.5, 0.6) is 0 Å². The van der Waals surface area contributed by atoms with Crippen molar-refractivity contribution in [2.24, 2.45) is 0 Å². The molecule has 2 aliphatic heterocycles. The van der Waals surface area contributed by atoms with E-state index >= 15 is 0 Å². The van der Waals surface area contributed by atoms with Crippen LogP contribution in [0.15, 0.2) is 30.3 Å². The lowest BCUT2D eigenvalue weighted by molar-refractivity contribution is -0.125. The molecule has 2 amide bonds. The second-order valence-electron chi connectivity index (χ2n) is 6.09. The number of amides is 2. The van der Waals surface area contributed by atoms with Crippen molar-refractivity contribution in [2.45, 2.75) is 38.6 Å². The monoisotopic (exact) mass is 380 g/mol. The van der Waals surface area contributed by atoms with E-state index in [4.69, 9.17) is 5.11 Å². The van der Waals surface area contributed by atoms with Crippen LogP contribution < -0.4 is 16.1 Å². The van der Waals surface area contributed by atoms with Gasteiger partial charge in [0.1, 0.15) is 0 Å². The molecule has 0 aliphatic carbocycles. The van der Waals surface area contributed by atoms with Crippen LogP contribution in [0, 0.1) is 0 Å². The summed E-state index contributed by atoms with van der Waals surface area (Å²) in [6, 6.07) is 9.09. The average molecular weight is 380 g/mol. The predicted molar refractivity (Wildman–Crippen MR) is 105 cm³/mol. The molecule has 0 saturated carbocycles. The van der Waals surface area contributed by atoms with E-state index in [-0.39, 0.29) is 0 Å². The van der Waals surface area contributed by atoms with Gasteiger partial charge in [0.25, 0.3) is 0 Å². The van der Waals surface area contributed by atoms with Crippen LogP contribution in [0.1, 0.15) is 43.0 Å². The number of hydrogen-bond acceptors (Lipinski definition) is 5. The molecule has 0 radical (unpaired) electrons. The fraction of sp³-hybridized carbons (Fsp3) is 0.526. The van der Waals surface area contributed by atoms with Crippen LogP contribution in [0.3, 0.4) is 0 Å². The Morgan fingerprint density at radius 3 is 2.00 bits per heavy atom. The SMILES string of the molecule is C1CCNC1.CC1CCCN1.CN(C=O)NC=O.O=C(O)c1ccccc1. The van der Waals surface area contributed by atoms with Crippen LogP contribution >= 0.6 is 0 Å². The van der Waals surface area contributed by atoms with Gasteiger partial charge in [0.15, 0.2) is 0 Å². The minimum absolute atomic E-state index is 0.331. The van der Waals surface area contributed by atoms with Gasteiger partial charge in [-0.25, -0.2) is 4.79 Å². The molecular weight excluding hydrogens is 348 g/mol. The van der Waals surface area contributed by atoms with E-state index in [1.807, 2.05) is 0 Å². The third kappa shape index (κ3) is 15.5. The molecule has 1 aromatic rings. The minimum atomic E-state index is -0.879. The summed E-state index contributed by atoms with van der Waals surface area (Å²) in [5.41, 5.74) is 2.41. The largest absolute Gasteiger partial charge is 0.478 e. The summed E-state index contributed by atoms with van der Waals surface area (Å²) in [6.45, 7) is 5.97. The Bertz CT molecular complexity index is 496. The number of aromatic carboxylic acids is 1. The first-order chi connectivity index (χ1) is 13.0. The van der Waals surface area contributed by atoms with Gasteiger partial charge in [-0.05, 0) is 64.4 Å². The van der Waals surface area contributed by atoms with Gasteiger partial charge < -0.3 is 15.7 Å². The van der Waals surface area contributed by atoms with Gasteiger partial charge in [-0.2, -0.15) is 0 Å². The number of hydrazine groups is 1. The summed E-state index contributed by atoms with van der Waals surface area (Å²) in [6.07, 6.45) is 6.45. The highest BCUT2D eigenvalue weighted by molar-refractivity contribution is 5.87. The van der Waals surface area contributed by atoms with E-state index in [2.05, 4.69) is 23.0 Å². The molecule has 2 heterocycles. The Kier molecular flexibility index (Phi) is 15.4. The van der Waals surface area contributed by atoms with Crippen molar-refractivity contribution in [1.29, 1.82) is 0 Å². The molecule has 2 saturated heterocycles. The van der Waals surface area contributed by atoms with Crippen LogP contribution in [0.25, 0.3) is 0 Å². The second kappa shape index (κ2) is 17.0. The number of carbonyl (C=O) groups is 3. The zero-order valence-corrected chi connectivity index (χ0v) is 16.2. The first-order valence-corrected chi connectivity index (χ1v) is 9.11. The number of nitrogens with one attached hydrogen (secondary N) is 3. The van der Waals surface area contributed by atoms with Gasteiger partial charge in [0.05, 0.1) is 5.56 Å². The standard InChI is InChI=1S/C7H6O2.C5H11N.C4H9N.C3H6N2O2/c8-7(9)6-4-2-1-3-5-6;1-5-3-2-4-6-5;1-2-4-5-3-1;1-5(3-7)4-2-6/h1-5H,(H,8,9);5-6H,2-4H2,1H3;5H,1-4H2;2-3H,1H3,(H,4,6). The molecule has 3 rings (SSSR count). The van der Waals surface area contributed by atoms with Gasteiger partial charge in [-0.1, -0.05) is 18.2 Å². The Balaban J connectivity index is 0.000000341. The number of rotatable bonds is 4. The van der Waals surface area contributed by atoms with E-state index in [1.54, 1.807) is 30.3 Å². The zero-order chi connectivity index (χ0) is 20.3. The fourth-order valence-corrected chi connectivity index (χ4v) is 2.18. The first kappa shape index (κ1) is 24.6. The highest BCUT2D eigenvalue weighted by Crippen LogP contribution is 2.01. The summed E-state index contributed by atoms with van der Waals surface area (Å²) < 4.78 is 0. The van der Waals surface area contributed by atoms with E-state index in [1.165, 1.54) is 52.4 Å². The maximum absolute atomic E-state index is 10.2. The maximum Gasteiger partial charge on any atom is 0.335 e. The van der Waals surface area contributed by atoms with Crippen LogP contribution in [0.2, 0.25) is 0 Å².